The van der Waals surface area contributed by atoms with Crippen LogP contribution in [0.5, 0.6) is 11.5 Å². The number of anilines is 1. The highest BCUT2D eigenvalue weighted by atomic mass is 16.5. The van der Waals surface area contributed by atoms with Crippen molar-refractivity contribution in [2.45, 2.75) is 45.2 Å². The fourth-order valence-corrected chi connectivity index (χ4v) is 5.26. The maximum atomic E-state index is 13.4. The Hall–Kier alpha value is -3.05. The Kier molecular flexibility index (Phi) is 6.89. The summed E-state index contributed by atoms with van der Waals surface area (Å²) in [5.74, 6) is 1.29. The van der Waals surface area contributed by atoms with Crippen LogP contribution in [0.4, 0.5) is 5.69 Å². The molecule has 0 bridgehead atoms. The van der Waals surface area contributed by atoms with E-state index in [2.05, 4.69) is 73.6 Å². The molecule has 174 valence electrons. The van der Waals surface area contributed by atoms with Crippen molar-refractivity contribution in [2.75, 3.05) is 26.6 Å². The third kappa shape index (κ3) is 4.42. The molecule has 0 aromatic heterocycles. The van der Waals surface area contributed by atoms with Crippen LogP contribution in [0.2, 0.25) is 0 Å². The summed E-state index contributed by atoms with van der Waals surface area (Å²) in [4.78, 5) is 15.8. The van der Waals surface area contributed by atoms with Crippen molar-refractivity contribution in [1.82, 2.24) is 4.90 Å². The number of carbonyl (C=O) groups excluding carboxylic acids is 1. The van der Waals surface area contributed by atoms with Gasteiger partial charge in [0.05, 0.1) is 20.1 Å². The van der Waals surface area contributed by atoms with Gasteiger partial charge in [-0.15, -0.1) is 0 Å². The standard InChI is InChI=1S/C28H34N2O3/c1-6-25(30(3)18(2)21-13-9-11-19-10-7-8-12-22(19)21)23-15-14-20-16-26(32-4)27(33-5)17-24(20)29-28(23)31/h7-13,16-18,23,25H,6,14-15H2,1-5H3,(H,29,31). The zero-order valence-electron chi connectivity index (χ0n) is 20.2. The summed E-state index contributed by atoms with van der Waals surface area (Å²) in [5, 5.41) is 5.69. The minimum atomic E-state index is -0.109. The number of hydrogen-bond acceptors (Lipinski definition) is 4. The Morgan fingerprint density at radius 2 is 1.76 bits per heavy atom. The minimum absolute atomic E-state index is 0.0739. The van der Waals surface area contributed by atoms with Crippen molar-refractivity contribution < 1.29 is 14.3 Å². The number of ether oxygens (including phenoxy) is 2. The number of nitrogens with zero attached hydrogens (tertiary/aromatic N) is 1. The molecule has 1 N–H and O–H groups in total. The van der Waals surface area contributed by atoms with Crippen molar-refractivity contribution in [2.24, 2.45) is 5.92 Å². The van der Waals surface area contributed by atoms with Crippen molar-refractivity contribution in [1.29, 1.82) is 0 Å². The van der Waals surface area contributed by atoms with E-state index in [4.69, 9.17) is 9.47 Å². The van der Waals surface area contributed by atoms with E-state index in [-0.39, 0.29) is 23.9 Å². The molecule has 4 rings (SSSR count). The molecule has 0 saturated carbocycles. The topological polar surface area (TPSA) is 50.8 Å². The van der Waals surface area contributed by atoms with Crippen LogP contribution in [-0.4, -0.2) is 38.1 Å². The van der Waals surface area contributed by atoms with Gasteiger partial charge in [-0.05, 0) is 61.2 Å². The van der Waals surface area contributed by atoms with Crippen molar-refractivity contribution in [3.8, 4) is 11.5 Å². The van der Waals surface area contributed by atoms with Crippen LogP contribution in [0.25, 0.3) is 10.8 Å². The Morgan fingerprint density at radius 3 is 2.48 bits per heavy atom. The van der Waals surface area contributed by atoms with Crippen LogP contribution in [0.1, 0.15) is 43.9 Å². The number of carbonyl (C=O) groups is 1. The molecule has 0 saturated heterocycles. The van der Waals surface area contributed by atoms with E-state index in [1.807, 2.05) is 12.1 Å². The van der Waals surface area contributed by atoms with Gasteiger partial charge in [-0.2, -0.15) is 0 Å². The molecule has 5 heteroatoms. The molecule has 1 amide bonds. The molecule has 33 heavy (non-hydrogen) atoms. The SMILES string of the molecule is CCC(C1CCc2cc(OC)c(OC)cc2NC1=O)N(C)C(C)c1cccc2ccccc12. The minimum Gasteiger partial charge on any atom is -0.493 e. The Morgan fingerprint density at radius 1 is 1.06 bits per heavy atom. The Bertz CT molecular complexity index is 1140. The van der Waals surface area contributed by atoms with Crippen molar-refractivity contribution in [3.05, 3.63) is 65.7 Å². The molecule has 0 fully saturated rings. The molecule has 3 aromatic carbocycles. The van der Waals surface area contributed by atoms with E-state index in [0.717, 1.165) is 30.5 Å². The van der Waals surface area contributed by atoms with Gasteiger partial charge in [0, 0.05) is 23.8 Å². The molecule has 1 heterocycles. The maximum Gasteiger partial charge on any atom is 0.229 e. The normalized spacial score (nSPS) is 17.8. The van der Waals surface area contributed by atoms with E-state index in [1.54, 1.807) is 14.2 Å². The smallest absolute Gasteiger partial charge is 0.229 e. The van der Waals surface area contributed by atoms with Gasteiger partial charge < -0.3 is 14.8 Å². The lowest BCUT2D eigenvalue weighted by Gasteiger charge is -2.37. The fourth-order valence-electron chi connectivity index (χ4n) is 5.26. The molecule has 1 aliphatic rings. The summed E-state index contributed by atoms with van der Waals surface area (Å²) in [7, 11) is 5.40. The summed E-state index contributed by atoms with van der Waals surface area (Å²) in [6, 6.07) is 19.2. The molecular formula is C28H34N2O3. The number of nitrogens with one attached hydrogen (secondary N) is 1. The van der Waals surface area contributed by atoms with Crippen LogP contribution in [-0.2, 0) is 11.2 Å². The molecule has 3 aromatic rings. The van der Waals surface area contributed by atoms with Gasteiger partial charge in [0.15, 0.2) is 11.5 Å². The molecule has 1 aliphatic heterocycles. The lowest BCUT2D eigenvalue weighted by atomic mass is 9.88. The second-order valence-electron chi connectivity index (χ2n) is 8.88. The molecule has 3 unspecified atom stereocenters. The zero-order chi connectivity index (χ0) is 23.5. The average molecular weight is 447 g/mol. The van der Waals surface area contributed by atoms with Gasteiger partial charge in [-0.3, -0.25) is 9.69 Å². The van der Waals surface area contributed by atoms with E-state index >= 15 is 0 Å². The van der Waals surface area contributed by atoms with E-state index in [1.165, 1.54) is 16.3 Å². The molecule has 0 radical (unpaired) electrons. The first-order valence-corrected chi connectivity index (χ1v) is 11.7. The van der Waals surface area contributed by atoms with Gasteiger partial charge in [-0.25, -0.2) is 0 Å². The predicted molar refractivity (Wildman–Crippen MR) is 134 cm³/mol. The van der Waals surface area contributed by atoms with Crippen LogP contribution >= 0.6 is 0 Å². The largest absolute Gasteiger partial charge is 0.493 e. The highest BCUT2D eigenvalue weighted by Crippen LogP contribution is 2.38. The quantitative estimate of drug-likeness (QED) is 0.496. The first-order valence-electron chi connectivity index (χ1n) is 11.7. The highest BCUT2D eigenvalue weighted by Gasteiger charge is 2.34. The van der Waals surface area contributed by atoms with E-state index in [0.29, 0.717) is 11.5 Å². The number of amides is 1. The third-order valence-electron chi connectivity index (χ3n) is 7.22. The summed E-state index contributed by atoms with van der Waals surface area (Å²) in [5.41, 5.74) is 3.20. The molecule has 0 spiro atoms. The van der Waals surface area contributed by atoms with Crippen molar-refractivity contribution >= 4 is 22.4 Å². The van der Waals surface area contributed by atoms with E-state index in [9.17, 15) is 4.79 Å². The number of rotatable bonds is 7. The number of hydrogen-bond donors (Lipinski definition) is 1. The third-order valence-corrected chi connectivity index (χ3v) is 7.22. The van der Waals surface area contributed by atoms with E-state index < -0.39 is 0 Å². The summed E-state index contributed by atoms with van der Waals surface area (Å²) in [6.45, 7) is 4.41. The molecular weight excluding hydrogens is 412 g/mol. The number of methoxy groups -OCH3 is 2. The second kappa shape index (κ2) is 9.84. The second-order valence-corrected chi connectivity index (χ2v) is 8.88. The summed E-state index contributed by atoms with van der Waals surface area (Å²) >= 11 is 0. The molecule has 0 aliphatic carbocycles. The van der Waals surface area contributed by atoms with Crippen LogP contribution in [0, 0.1) is 5.92 Å². The van der Waals surface area contributed by atoms with Crippen LogP contribution in [0.15, 0.2) is 54.6 Å². The number of fused-ring (bicyclic) bond motifs is 2. The van der Waals surface area contributed by atoms with Crippen molar-refractivity contribution in [3.63, 3.8) is 0 Å². The van der Waals surface area contributed by atoms with Gasteiger partial charge in [0.1, 0.15) is 0 Å². The highest BCUT2D eigenvalue weighted by molar-refractivity contribution is 5.95. The summed E-state index contributed by atoms with van der Waals surface area (Å²) in [6.07, 6.45) is 2.50. The monoisotopic (exact) mass is 446 g/mol. The predicted octanol–water partition coefficient (Wildman–Crippen LogP) is 5.83. The summed E-state index contributed by atoms with van der Waals surface area (Å²) < 4.78 is 10.9. The lowest BCUT2D eigenvalue weighted by molar-refractivity contribution is -0.122. The first-order chi connectivity index (χ1) is 16.0. The number of aryl methyl sites for hydroxylation is 1. The Balaban J connectivity index is 1.61. The van der Waals surface area contributed by atoms with Crippen LogP contribution in [0.3, 0.4) is 0 Å². The van der Waals surface area contributed by atoms with Gasteiger partial charge >= 0.3 is 0 Å². The first kappa shape index (κ1) is 23.1. The van der Waals surface area contributed by atoms with Gasteiger partial charge in [-0.1, -0.05) is 49.4 Å². The van der Waals surface area contributed by atoms with Crippen LogP contribution < -0.4 is 14.8 Å². The van der Waals surface area contributed by atoms with Gasteiger partial charge in [0.25, 0.3) is 0 Å². The zero-order valence-corrected chi connectivity index (χ0v) is 20.2. The maximum absolute atomic E-state index is 13.4. The van der Waals surface area contributed by atoms with Gasteiger partial charge in [0.2, 0.25) is 5.91 Å². The average Bonchev–Trinajstić information content (AvgIpc) is 3.00. The fraction of sp³-hybridized carbons (Fsp3) is 0.393. The molecule has 3 atom stereocenters. The number of benzene rings is 3. The Labute approximate surface area is 196 Å². The lowest BCUT2D eigenvalue weighted by Crippen LogP contribution is -2.43. The molecule has 5 nitrogen and oxygen atoms in total.